The number of hydrogen-bond donors (Lipinski definition) is 1. The van der Waals surface area contributed by atoms with Crippen molar-refractivity contribution in [3.05, 3.63) is 34.9 Å². The number of carbonyl (C=O) groups is 3. The summed E-state index contributed by atoms with van der Waals surface area (Å²) in [6, 6.07) is 5.07. The van der Waals surface area contributed by atoms with E-state index in [1.54, 1.807) is 18.2 Å². The zero-order valence-electron chi connectivity index (χ0n) is 10.4. The number of carboxylic acid groups (broad SMARTS) is 1. The van der Waals surface area contributed by atoms with Crippen LogP contribution in [-0.4, -0.2) is 47.5 Å². The van der Waals surface area contributed by atoms with E-state index in [0.29, 0.717) is 11.1 Å². The van der Waals surface area contributed by atoms with Crippen LogP contribution in [0.15, 0.2) is 18.2 Å². The minimum Gasteiger partial charge on any atom is -0.480 e. The summed E-state index contributed by atoms with van der Waals surface area (Å²) in [5.41, 5.74) is 1.68. The Morgan fingerprint density at radius 2 is 1.95 bits per heavy atom. The zero-order chi connectivity index (χ0) is 14.0. The second-order valence-electron chi connectivity index (χ2n) is 4.26. The molecular formula is C13H13NO5. The molecule has 6 heteroatoms. The van der Waals surface area contributed by atoms with Gasteiger partial charge >= 0.3 is 5.97 Å². The van der Waals surface area contributed by atoms with Crippen molar-refractivity contribution in [3.8, 4) is 0 Å². The molecule has 0 aliphatic carbocycles. The molecule has 0 spiro atoms. The fraction of sp³-hybridized carbons (Fsp3) is 0.308. The molecule has 6 nitrogen and oxygen atoms in total. The van der Waals surface area contributed by atoms with Gasteiger partial charge in [-0.05, 0) is 19.1 Å². The molecule has 1 aliphatic heterocycles. The van der Waals surface area contributed by atoms with Gasteiger partial charge in [0, 0.05) is 0 Å². The molecule has 0 atom stereocenters. The van der Waals surface area contributed by atoms with Gasteiger partial charge < -0.3 is 9.84 Å². The SMILES string of the molecule is Cc1ccc2c(c1)C(=O)N(CCOCC(=O)O)C2=O. The summed E-state index contributed by atoms with van der Waals surface area (Å²) in [4.78, 5) is 35.3. The van der Waals surface area contributed by atoms with Crippen LogP contribution < -0.4 is 0 Å². The van der Waals surface area contributed by atoms with Crippen molar-refractivity contribution in [2.24, 2.45) is 0 Å². The number of carboxylic acids is 1. The molecule has 0 bridgehead atoms. The van der Waals surface area contributed by atoms with Crippen LogP contribution in [-0.2, 0) is 9.53 Å². The number of aliphatic carboxylic acids is 1. The minimum atomic E-state index is -1.09. The maximum absolute atomic E-state index is 12.0. The van der Waals surface area contributed by atoms with Gasteiger partial charge in [-0.15, -0.1) is 0 Å². The first-order chi connectivity index (χ1) is 9.00. The van der Waals surface area contributed by atoms with E-state index in [4.69, 9.17) is 9.84 Å². The third kappa shape index (κ3) is 2.63. The van der Waals surface area contributed by atoms with Gasteiger partial charge in [0.2, 0.25) is 0 Å². The van der Waals surface area contributed by atoms with E-state index in [2.05, 4.69) is 0 Å². The number of benzene rings is 1. The van der Waals surface area contributed by atoms with Gasteiger partial charge in [0.15, 0.2) is 0 Å². The highest BCUT2D eigenvalue weighted by atomic mass is 16.5. The van der Waals surface area contributed by atoms with Gasteiger partial charge in [0.25, 0.3) is 11.8 Å². The van der Waals surface area contributed by atoms with Crippen molar-refractivity contribution in [3.63, 3.8) is 0 Å². The van der Waals surface area contributed by atoms with Crippen molar-refractivity contribution >= 4 is 17.8 Å². The lowest BCUT2D eigenvalue weighted by atomic mass is 10.1. The van der Waals surface area contributed by atoms with Gasteiger partial charge in [-0.3, -0.25) is 14.5 Å². The molecule has 1 heterocycles. The predicted octanol–water partition coefficient (Wildman–Crippen LogP) is 0.692. The summed E-state index contributed by atoms with van der Waals surface area (Å²) < 4.78 is 4.83. The molecule has 1 aromatic carbocycles. The van der Waals surface area contributed by atoms with Crippen molar-refractivity contribution in [1.82, 2.24) is 4.90 Å². The van der Waals surface area contributed by atoms with Crippen LogP contribution in [0.1, 0.15) is 26.3 Å². The highest BCUT2D eigenvalue weighted by Gasteiger charge is 2.34. The lowest BCUT2D eigenvalue weighted by molar-refractivity contribution is -0.142. The summed E-state index contributed by atoms with van der Waals surface area (Å²) in [5, 5.41) is 8.41. The lowest BCUT2D eigenvalue weighted by Crippen LogP contribution is -2.33. The molecule has 0 aromatic heterocycles. The van der Waals surface area contributed by atoms with Crippen molar-refractivity contribution in [2.75, 3.05) is 19.8 Å². The second-order valence-corrected chi connectivity index (χ2v) is 4.26. The number of rotatable bonds is 5. The first-order valence-electron chi connectivity index (χ1n) is 5.77. The Hall–Kier alpha value is -2.21. The zero-order valence-corrected chi connectivity index (χ0v) is 10.4. The number of amides is 2. The fourth-order valence-electron chi connectivity index (χ4n) is 1.92. The smallest absolute Gasteiger partial charge is 0.329 e. The van der Waals surface area contributed by atoms with Crippen LogP contribution in [0, 0.1) is 6.92 Å². The Labute approximate surface area is 109 Å². The van der Waals surface area contributed by atoms with E-state index < -0.39 is 12.6 Å². The van der Waals surface area contributed by atoms with Crippen LogP contribution in [0.2, 0.25) is 0 Å². The Morgan fingerprint density at radius 1 is 1.26 bits per heavy atom. The van der Waals surface area contributed by atoms with E-state index >= 15 is 0 Å². The number of ether oxygens (including phenoxy) is 1. The minimum absolute atomic E-state index is 0.0107. The standard InChI is InChI=1S/C13H13NO5/c1-8-2-3-9-10(6-8)13(18)14(12(9)17)4-5-19-7-11(15)16/h2-3,6H,4-5,7H2,1H3,(H,15,16). The molecular weight excluding hydrogens is 250 g/mol. The van der Waals surface area contributed by atoms with Crippen LogP contribution in [0.4, 0.5) is 0 Å². The molecule has 1 aromatic rings. The number of nitrogens with zero attached hydrogens (tertiary/aromatic N) is 1. The Bertz CT molecular complexity index is 552. The summed E-state index contributed by atoms with van der Waals surface area (Å²) in [6.45, 7) is 1.47. The summed E-state index contributed by atoms with van der Waals surface area (Å²) in [7, 11) is 0. The number of hydrogen-bond acceptors (Lipinski definition) is 4. The number of carbonyl (C=O) groups excluding carboxylic acids is 2. The van der Waals surface area contributed by atoms with Gasteiger partial charge in [-0.25, -0.2) is 4.79 Å². The highest BCUT2D eigenvalue weighted by Crippen LogP contribution is 2.23. The molecule has 0 saturated carbocycles. The molecule has 2 rings (SSSR count). The molecule has 1 N–H and O–H groups in total. The largest absolute Gasteiger partial charge is 0.480 e. The number of fused-ring (bicyclic) bond motifs is 1. The highest BCUT2D eigenvalue weighted by molar-refractivity contribution is 6.21. The van der Waals surface area contributed by atoms with Gasteiger partial charge in [0.1, 0.15) is 6.61 Å². The number of imide groups is 1. The lowest BCUT2D eigenvalue weighted by Gasteiger charge is -2.13. The topological polar surface area (TPSA) is 83.9 Å². The maximum atomic E-state index is 12.0. The summed E-state index contributed by atoms with van der Waals surface area (Å²) in [6.07, 6.45) is 0. The Balaban J connectivity index is 2.04. The molecule has 0 unspecified atom stereocenters. The normalized spacial score (nSPS) is 13.8. The van der Waals surface area contributed by atoms with E-state index in [0.717, 1.165) is 10.5 Å². The van der Waals surface area contributed by atoms with E-state index in [1.807, 2.05) is 6.92 Å². The monoisotopic (exact) mass is 263 g/mol. The molecule has 2 amide bonds. The third-order valence-corrected chi connectivity index (χ3v) is 2.81. The van der Waals surface area contributed by atoms with Crippen molar-refractivity contribution < 1.29 is 24.2 Å². The van der Waals surface area contributed by atoms with Crippen LogP contribution in [0.5, 0.6) is 0 Å². The second kappa shape index (κ2) is 5.19. The third-order valence-electron chi connectivity index (χ3n) is 2.81. The van der Waals surface area contributed by atoms with E-state index in [1.165, 1.54) is 0 Å². The van der Waals surface area contributed by atoms with Gasteiger partial charge in [-0.1, -0.05) is 11.6 Å². The Morgan fingerprint density at radius 3 is 2.63 bits per heavy atom. The van der Waals surface area contributed by atoms with Crippen molar-refractivity contribution in [2.45, 2.75) is 6.92 Å². The summed E-state index contributed by atoms with van der Waals surface area (Å²) >= 11 is 0. The number of aryl methyl sites for hydroxylation is 1. The average Bonchev–Trinajstić information content (AvgIpc) is 2.58. The van der Waals surface area contributed by atoms with E-state index in [9.17, 15) is 14.4 Å². The molecule has 19 heavy (non-hydrogen) atoms. The van der Waals surface area contributed by atoms with Gasteiger partial charge in [0.05, 0.1) is 24.3 Å². The molecule has 1 aliphatic rings. The fourth-order valence-corrected chi connectivity index (χ4v) is 1.92. The summed E-state index contributed by atoms with van der Waals surface area (Å²) in [5.74, 6) is -1.81. The average molecular weight is 263 g/mol. The van der Waals surface area contributed by atoms with Crippen LogP contribution in [0.3, 0.4) is 0 Å². The first-order valence-corrected chi connectivity index (χ1v) is 5.77. The molecule has 0 saturated heterocycles. The van der Waals surface area contributed by atoms with Gasteiger partial charge in [-0.2, -0.15) is 0 Å². The van der Waals surface area contributed by atoms with Crippen LogP contribution in [0.25, 0.3) is 0 Å². The maximum Gasteiger partial charge on any atom is 0.329 e. The molecule has 0 radical (unpaired) electrons. The Kier molecular flexibility index (Phi) is 3.62. The van der Waals surface area contributed by atoms with Crippen LogP contribution >= 0.6 is 0 Å². The predicted molar refractivity (Wildman–Crippen MR) is 65.0 cm³/mol. The quantitative estimate of drug-likeness (QED) is 0.624. The first kappa shape index (κ1) is 13.2. The molecule has 100 valence electrons. The van der Waals surface area contributed by atoms with E-state index in [-0.39, 0.29) is 25.0 Å². The molecule has 0 fully saturated rings. The van der Waals surface area contributed by atoms with Crippen molar-refractivity contribution in [1.29, 1.82) is 0 Å².